The molecule has 1 atom stereocenters. The highest BCUT2D eigenvalue weighted by Gasteiger charge is 2.41. The maximum atomic E-state index is 14.0. The number of carbonyl (C=O) groups is 1. The second-order valence-corrected chi connectivity index (χ2v) is 5.13. The Morgan fingerprint density at radius 1 is 1.38 bits per heavy atom. The van der Waals surface area contributed by atoms with Crippen LogP contribution in [-0.2, 0) is 0 Å². The lowest BCUT2D eigenvalue weighted by molar-refractivity contribution is 0.0751. The second kappa shape index (κ2) is 6.57. The van der Waals surface area contributed by atoms with Gasteiger partial charge < -0.3 is 9.64 Å². The minimum absolute atomic E-state index is 0.150. The molecule has 1 aromatic carbocycles. The molecule has 1 aromatic rings. The van der Waals surface area contributed by atoms with Gasteiger partial charge in [-0.25, -0.2) is 4.39 Å². The van der Waals surface area contributed by atoms with Crippen molar-refractivity contribution in [2.45, 2.75) is 38.6 Å². The number of halogens is 1. The molecule has 1 unspecified atom stereocenters. The molecule has 0 radical (unpaired) electrons. The van der Waals surface area contributed by atoms with Crippen LogP contribution >= 0.6 is 0 Å². The summed E-state index contributed by atoms with van der Waals surface area (Å²) < 4.78 is 19.2. The van der Waals surface area contributed by atoms with Crippen LogP contribution in [0.25, 0.3) is 0 Å². The van der Waals surface area contributed by atoms with Gasteiger partial charge in [-0.15, -0.1) is 0 Å². The van der Waals surface area contributed by atoms with E-state index in [-0.39, 0.29) is 17.0 Å². The van der Waals surface area contributed by atoms with Crippen LogP contribution in [-0.4, -0.2) is 24.5 Å². The van der Waals surface area contributed by atoms with Crippen molar-refractivity contribution in [2.75, 3.05) is 13.7 Å². The SMILES string of the molecule is CCCCCCN1C(=O)c2c(OC)ccc(F)c2C1C#N. The molecule has 1 aliphatic rings. The van der Waals surface area contributed by atoms with Gasteiger partial charge in [0.1, 0.15) is 17.6 Å². The summed E-state index contributed by atoms with van der Waals surface area (Å²) >= 11 is 0. The fourth-order valence-electron chi connectivity index (χ4n) is 2.72. The van der Waals surface area contributed by atoms with Crippen molar-refractivity contribution in [3.63, 3.8) is 0 Å². The highest BCUT2D eigenvalue weighted by atomic mass is 19.1. The molecule has 0 saturated carbocycles. The molecule has 0 N–H and O–H groups in total. The number of amides is 1. The van der Waals surface area contributed by atoms with Crippen molar-refractivity contribution in [1.82, 2.24) is 4.90 Å². The van der Waals surface area contributed by atoms with Gasteiger partial charge in [-0.1, -0.05) is 26.2 Å². The predicted octanol–water partition coefficient (Wildman–Crippen LogP) is 3.44. The number of benzene rings is 1. The molecule has 1 amide bonds. The molecule has 0 bridgehead atoms. The second-order valence-electron chi connectivity index (χ2n) is 5.13. The Kier molecular flexibility index (Phi) is 4.79. The summed E-state index contributed by atoms with van der Waals surface area (Å²) in [6.07, 6.45) is 3.99. The van der Waals surface area contributed by atoms with E-state index in [4.69, 9.17) is 4.74 Å². The number of nitrogens with zero attached hydrogens (tertiary/aromatic N) is 2. The molecular weight excluding hydrogens is 271 g/mol. The van der Waals surface area contributed by atoms with Crippen molar-refractivity contribution in [1.29, 1.82) is 5.26 Å². The summed E-state index contributed by atoms with van der Waals surface area (Å²) in [4.78, 5) is 13.9. The summed E-state index contributed by atoms with van der Waals surface area (Å²) in [5.41, 5.74) is 0.344. The monoisotopic (exact) mass is 290 g/mol. The molecule has 4 nitrogen and oxygen atoms in total. The summed E-state index contributed by atoms with van der Waals surface area (Å²) in [6, 6.07) is 3.86. The van der Waals surface area contributed by atoms with E-state index in [0.29, 0.717) is 12.3 Å². The van der Waals surface area contributed by atoms with Gasteiger partial charge in [0.25, 0.3) is 5.91 Å². The summed E-state index contributed by atoms with van der Waals surface area (Å²) in [5, 5.41) is 9.34. The van der Waals surface area contributed by atoms with Crippen LogP contribution in [0.3, 0.4) is 0 Å². The quantitative estimate of drug-likeness (QED) is 0.754. The smallest absolute Gasteiger partial charge is 0.259 e. The van der Waals surface area contributed by atoms with E-state index in [0.717, 1.165) is 25.7 Å². The first kappa shape index (κ1) is 15.3. The molecular formula is C16H19FN2O2. The van der Waals surface area contributed by atoms with Crippen molar-refractivity contribution in [3.05, 3.63) is 29.1 Å². The third kappa shape index (κ3) is 2.71. The molecule has 1 aliphatic heterocycles. The number of fused-ring (bicyclic) bond motifs is 1. The molecule has 1 heterocycles. The third-order valence-electron chi connectivity index (χ3n) is 3.81. The number of hydrogen-bond donors (Lipinski definition) is 0. The molecule has 0 aliphatic carbocycles. The summed E-state index contributed by atoms with van der Waals surface area (Å²) in [7, 11) is 1.44. The number of nitriles is 1. The zero-order valence-electron chi connectivity index (χ0n) is 12.4. The van der Waals surface area contributed by atoms with Gasteiger partial charge in [0, 0.05) is 12.1 Å². The highest BCUT2D eigenvalue weighted by Crippen LogP contribution is 2.40. The Morgan fingerprint density at radius 3 is 2.76 bits per heavy atom. The highest BCUT2D eigenvalue weighted by molar-refractivity contribution is 6.02. The van der Waals surface area contributed by atoms with Gasteiger partial charge in [-0.05, 0) is 18.6 Å². The standard InChI is InChI=1S/C16H19FN2O2/c1-3-4-5-6-9-19-12(10-18)14-11(17)7-8-13(21-2)15(14)16(19)20/h7-8,12H,3-6,9H2,1-2H3. The first-order valence-corrected chi connectivity index (χ1v) is 7.22. The van der Waals surface area contributed by atoms with Gasteiger partial charge >= 0.3 is 0 Å². The molecule has 0 spiro atoms. The Hall–Kier alpha value is -2.09. The lowest BCUT2D eigenvalue weighted by atomic mass is 10.0. The van der Waals surface area contributed by atoms with E-state index in [1.165, 1.54) is 24.1 Å². The van der Waals surface area contributed by atoms with Gasteiger partial charge in [0.15, 0.2) is 0 Å². The fourth-order valence-corrected chi connectivity index (χ4v) is 2.72. The van der Waals surface area contributed by atoms with Gasteiger partial charge in [0.05, 0.1) is 18.7 Å². The molecule has 5 heteroatoms. The number of unbranched alkanes of at least 4 members (excludes halogenated alkanes) is 3. The topological polar surface area (TPSA) is 53.3 Å². The van der Waals surface area contributed by atoms with Crippen LogP contribution in [0.4, 0.5) is 4.39 Å². The van der Waals surface area contributed by atoms with Crippen LogP contribution in [0.2, 0.25) is 0 Å². The minimum Gasteiger partial charge on any atom is -0.496 e. The normalized spacial score (nSPS) is 16.8. The molecule has 0 aromatic heterocycles. The van der Waals surface area contributed by atoms with E-state index in [9.17, 15) is 14.4 Å². The van der Waals surface area contributed by atoms with Crippen LogP contribution in [0.1, 0.15) is 54.6 Å². The third-order valence-corrected chi connectivity index (χ3v) is 3.81. The van der Waals surface area contributed by atoms with Crippen molar-refractivity contribution in [3.8, 4) is 11.8 Å². The van der Waals surface area contributed by atoms with Gasteiger partial charge in [-0.3, -0.25) is 4.79 Å². The van der Waals surface area contributed by atoms with E-state index < -0.39 is 11.9 Å². The van der Waals surface area contributed by atoms with Crippen LogP contribution in [0, 0.1) is 17.1 Å². The number of methoxy groups -OCH3 is 1. The maximum absolute atomic E-state index is 14.0. The molecule has 112 valence electrons. The Labute approximate surface area is 124 Å². The first-order chi connectivity index (χ1) is 10.2. The van der Waals surface area contributed by atoms with Gasteiger partial charge in [-0.2, -0.15) is 5.26 Å². The lowest BCUT2D eigenvalue weighted by Gasteiger charge is -2.19. The zero-order valence-corrected chi connectivity index (χ0v) is 12.4. The van der Waals surface area contributed by atoms with Crippen LogP contribution in [0.15, 0.2) is 12.1 Å². The number of ether oxygens (including phenoxy) is 1. The van der Waals surface area contributed by atoms with Crippen molar-refractivity contribution >= 4 is 5.91 Å². The summed E-state index contributed by atoms with van der Waals surface area (Å²) in [6.45, 7) is 2.57. The molecule has 0 fully saturated rings. The van der Waals surface area contributed by atoms with E-state index in [2.05, 4.69) is 6.92 Å². The van der Waals surface area contributed by atoms with E-state index in [1.807, 2.05) is 6.07 Å². The fraction of sp³-hybridized carbons (Fsp3) is 0.500. The summed E-state index contributed by atoms with van der Waals surface area (Å²) in [5.74, 6) is -0.515. The predicted molar refractivity (Wildman–Crippen MR) is 76.5 cm³/mol. The van der Waals surface area contributed by atoms with Crippen LogP contribution in [0.5, 0.6) is 5.75 Å². The van der Waals surface area contributed by atoms with Crippen molar-refractivity contribution < 1.29 is 13.9 Å². The Bertz CT molecular complexity index is 580. The first-order valence-electron chi connectivity index (χ1n) is 7.22. The maximum Gasteiger partial charge on any atom is 0.259 e. The van der Waals surface area contributed by atoms with Crippen LogP contribution < -0.4 is 4.74 Å². The lowest BCUT2D eigenvalue weighted by Crippen LogP contribution is -2.28. The van der Waals surface area contributed by atoms with Crippen molar-refractivity contribution in [2.24, 2.45) is 0 Å². The number of hydrogen-bond acceptors (Lipinski definition) is 3. The zero-order chi connectivity index (χ0) is 15.4. The minimum atomic E-state index is -0.857. The number of carbonyl (C=O) groups excluding carboxylic acids is 1. The largest absolute Gasteiger partial charge is 0.496 e. The molecule has 21 heavy (non-hydrogen) atoms. The molecule has 0 saturated heterocycles. The van der Waals surface area contributed by atoms with E-state index >= 15 is 0 Å². The average molecular weight is 290 g/mol. The number of rotatable bonds is 6. The van der Waals surface area contributed by atoms with Gasteiger partial charge in [0.2, 0.25) is 0 Å². The molecule has 2 rings (SSSR count). The average Bonchev–Trinajstić information content (AvgIpc) is 2.78. The van der Waals surface area contributed by atoms with E-state index in [1.54, 1.807) is 0 Å². The Balaban J connectivity index is 2.30. The Morgan fingerprint density at radius 2 is 2.14 bits per heavy atom.